The first kappa shape index (κ1) is 52.1. The van der Waals surface area contributed by atoms with Gasteiger partial charge >= 0.3 is 17.9 Å². The summed E-state index contributed by atoms with van der Waals surface area (Å²) >= 11 is 0. The number of ketones is 2. The number of carboxylic acid groups (broad SMARTS) is 1. The highest BCUT2D eigenvalue weighted by atomic mass is 16.6. The van der Waals surface area contributed by atoms with Gasteiger partial charge in [0.15, 0.2) is 5.78 Å². The molecule has 0 aliphatic rings. The van der Waals surface area contributed by atoms with Gasteiger partial charge < -0.3 is 38.8 Å². The van der Waals surface area contributed by atoms with Crippen molar-refractivity contribution in [1.29, 1.82) is 0 Å². The molecular formula is C41H73NO13. The maximum absolute atomic E-state index is 12.9. The molecule has 0 fully saturated rings. The predicted molar refractivity (Wildman–Crippen MR) is 208 cm³/mol. The van der Waals surface area contributed by atoms with Crippen LogP contribution in [0.4, 0.5) is 0 Å². The van der Waals surface area contributed by atoms with Crippen molar-refractivity contribution in [3.05, 3.63) is 0 Å². The predicted octanol–water partition coefficient (Wildman–Crippen LogP) is 6.32. The number of hydrogen-bond acceptors (Lipinski definition) is 12. The number of aliphatic carboxylic acids is 1. The van der Waals surface area contributed by atoms with E-state index in [-0.39, 0.29) is 95.5 Å². The SMILES string of the molecule is CC(C)(C)OC(=O)CCCCCCCCCCCCC(=O)C[C@@H](CCC(=O)NCCOCCOCC(=O)CCCOCCOCC(=O)O)C(=O)OC(C)(C)C. The Balaban J connectivity index is 4.07. The van der Waals surface area contributed by atoms with Gasteiger partial charge in [-0.25, -0.2) is 4.79 Å². The van der Waals surface area contributed by atoms with Crippen LogP contribution >= 0.6 is 0 Å². The highest BCUT2D eigenvalue weighted by molar-refractivity contribution is 5.85. The number of ether oxygens (including phenoxy) is 6. The number of carboxylic acids is 1. The van der Waals surface area contributed by atoms with E-state index in [2.05, 4.69) is 5.32 Å². The third-order valence-electron chi connectivity index (χ3n) is 7.99. The second kappa shape index (κ2) is 32.2. The largest absolute Gasteiger partial charge is 0.480 e. The Hall–Kier alpha value is -2.94. The normalized spacial score (nSPS) is 12.3. The van der Waals surface area contributed by atoms with Crippen LogP contribution < -0.4 is 5.32 Å². The van der Waals surface area contributed by atoms with E-state index in [1.165, 1.54) is 6.42 Å². The highest BCUT2D eigenvalue weighted by Crippen LogP contribution is 2.21. The van der Waals surface area contributed by atoms with E-state index in [0.717, 1.165) is 57.8 Å². The van der Waals surface area contributed by atoms with Crippen LogP contribution in [0, 0.1) is 5.92 Å². The molecule has 0 aliphatic carbocycles. The summed E-state index contributed by atoms with van der Waals surface area (Å²) in [6.07, 6.45) is 12.5. The van der Waals surface area contributed by atoms with E-state index in [0.29, 0.717) is 32.3 Å². The smallest absolute Gasteiger partial charge is 0.329 e. The molecular weight excluding hydrogens is 714 g/mol. The molecule has 14 nitrogen and oxygen atoms in total. The first-order valence-corrected chi connectivity index (χ1v) is 20.3. The third kappa shape index (κ3) is 37.7. The van der Waals surface area contributed by atoms with Crippen LogP contribution in [0.3, 0.4) is 0 Å². The van der Waals surface area contributed by atoms with Crippen LogP contribution in [-0.2, 0) is 57.2 Å². The van der Waals surface area contributed by atoms with Gasteiger partial charge in [0.25, 0.3) is 0 Å². The van der Waals surface area contributed by atoms with Gasteiger partial charge in [-0.15, -0.1) is 0 Å². The summed E-state index contributed by atoms with van der Waals surface area (Å²) in [6, 6.07) is 0. The van der Waals surface area contributed by atoms with Gasteiger partial charge in [0.1, 0.15) is 30.2 Å². The van der Waals surface area contributed by atoms with Gasteiger partial charge in [-0.3, -0.25) is 24.0 Å². The summed E-state index contributed by atoms with van der Waals surface area (Å²) in [6.45, 7) is 12.4. The number of unbranched alkanes of at least 4 members (excludes halogenated alkanes) is 9. The Kier molecular flexibility index (Phi) is 30.5. The maximum atomic E-state index is 12.9. The van der Waals surface area contributed by atoms with Crippen molar-refractivity contribution in [1.82, 2.24) is 5.32 Å². The maximum Gasteiger partial charge on any atom is 0.329 e. The molecule has 14 heteroatoms. The molecule has 0 aliphatic heterocycles. The number of amides is 1. The molecule has 0 bridgehead atoms. The first-order valence-electron chi connectivity index (χ1n) is 20.3. The fourth-order valence-electron chi connectivity index (χ4n) is 5.35. The summed E-state index contributed by atoms with van der Waals surface area (Å²) in [5.74, 6) is -2.62. The molecule has 0 aromatic rings. The van der Waals surface area contributed by atoms with Crippen LogP contribution in [0.15, 0.2) is 0 Å². The van der Waals surface area contributed by atoms with Gasteiger partial charge in [0.2, 0.25) is 5.91 Å². The summed E-state index contributed by atoms with van der Waals surface area (Å²) in [4.78, 5) is 72.2. The number of esters is 2. The minimum atomic E-state index is -1.04. The van der Waals surface area contributed by atoms with Crippen molar-refractivity contribution >= 4 is 35.4 Å². The van der Waals surface area contributed by atoms with E-state index in [4.69, 9.17) is 33.5 Å². The van der Waals surface area contributed by atoms with Crippen LogP contribution in [0.2, 0.25) is 0 Å². The van der Waals surface area contributed by atoms with Crippen LogP contribution in [-0.4, -0.2) is 111 Å². The number of hydrogen-bond donors (Lipinski definition) is 2. The quantitative estimate of drug-likeness (QED) is 0.0530. The Bertz CT molecular complexity index is 1080. The summed E-state index contributed by atoms with van der Waals surface area (Å²) in [5, 5.41) is 11.2. The fourth-order valence-corrected chi connectivity index (χ4v) is 5.35. The molecule has 0 saturated heterocycles. The molecule has 0 aromatic carbocycles. The average molecular weight is 788 g/mol. The minimum Gasteiger partial charge on any atom is -0.480 e. The summed E-state index contributed by atoms with van der Waals surface area (Å²) < 4.78 is 31.8. The molecule has 0 saturated carbocycles. The molecule has 0 aromatic heterocycles. The van der Waals surface area contributed by atoms with E-state index >= 15 is 0 Å². The molecule has 0 rings (SSSR count). The van der Waals surface area contributed by atoms with E-state index in [9.17, 15) is 28.8 Å². The van der Waals surface area contributed by atoms with Crippen LogP contribution in [0.1, 0.15) is 151 Å². The highest BCUT2D eigenvalue weighted by Gasteiger charge is 2.27. The topological polar surface area (TPSA) is 190 Å². The zero-order valence-electron chi connectivity index (χ0n) is 34.8. The van der Waals surface area contributed by atoms with Crippen LogP contribution in [0.25, 0.3) is 0 Å². The molecule has 0 spiro atoms. The molecule has 0 unspecified atom stereocenters. The molecule has 320 valence electrons. The molecule has 0 heterocycles. The van der Waals surface area contributed by atoms with Crippen molar-refractivity contribution in [3.63, 3.8) is 0 Å². The lowest BCUT2D eigenvalue weighted by Crippen LogP contribution is -2.32. The number of rotatable bonds is 36. The standard InChI is InChI=1S/C41H73NO13/c1-40(2,3)54-38(48)20-16-14-12-10-8-7-9-11-13-15-18-34(43)30-33(39(49)55-41(4,5)6)21-22-36(45)42-23-25-51-27-28-52-31-35(44)19-17-24-50-26-29-53-32-37(46)47/h33H,7-32H2,1-6H3,(H,42,45)(H,46,47)/t33-/m1/s1. The van der Waals surface area contributed by atoms with Gasteiger partial charge in [-0.05, 0) is 67.2 Å². The first-order chi connectivity index (χ1) is 26.0. The van der Waals surface area contributed by atoms with Crippen molar-refractivity contribution in [2.75, 3.05) is 59.4 Å². The Morgan fingerprint density at radius 3 is 1.58 bits per heavy atom. The molecule has 0 radical (unpaired) electrons. The Labute approximate surface area is 329 Å². The number of carbonyl (C=O) groups is 6. The van der Waals surface area contributed by atoms with Gasteiger partial charge in [0, 0.05) is 45.3 Å². The summed E-state index contributed by atoms with van der Waals surface area (Å²) in [5.41, 5.74) is -1.13. The van der Waals surface area contributed by atoms with Crippen LogP contribution in [0.5, 0.6) is 0 Å². The van der Waals surface area contributed by atoms with Crippen molar-refractivity contribution in [2.45, 2.75) is 162 Å². The van der Waals surface area contributed by atoms with E-state index in [1.54, 1.807) is 20.8 Å². The Morgan fingerprint density at radius 1 is 0.527 bits per heavy atom. The molecule has 1 amide bonds. The lowest BCUT2D eigenvalue weighted by molar-refractivity contribution is -0.161. The number of nitrogens with one attached hydrogen (secondary N) is 1. The van der Waals surface area contributed by atoms with Crippen molar-refractivity contribution in [3.8, 4) is 0 Å². The number of carbonyl (C=O) groups excluding carboxylic acids is 5. The third-order valence-corrected chi connectivity index (χ3v) is 7.99. The van der Waals surface area contributed by atoms with E-state index < -0.39 is 29.1 Å². The van der Waals surface area contributed by atoms with Crippen molar-refractivity contribution < 1.29 is 62.3 Å². The molecule has 55 heavy (non-hydrogen) atoms. The Morgan fingerprint density at radius 2 is 1.02 bits per heavy atom. The zero-order valence-corrected chi connectivity index (χ0v) is 34.8. The second-order valence-electron chi connectivity index (χ2n) is 15.8. The van der Waals surface area contributed by atoms with E-state index in [1.807, 2.05) is 20.8 Å². The molecule has 2 N–H and O–H groups in total. The second-order valence-corrected chi connectivity index (χ2v) is 15.8. The zero-order chi connectivity index (χ0) is 41.4. The average Bonchev–Trinajstić information content (AvgIpc) is 3.07. The lowest BCUT2D eigenvalue weighted by atomic mass is 9.94. The van der Waals surface area contributed by atoms with Crippen molar-refractivity contribution in [2.24, 2.45) is 5.92 Å². The van der Waals surface area contributed by atoms with Gasteiger partial charge in [0.05, 0.1) is 39.0 Å². The van der Waals surface area contributed by atoms with Gasteiger partial charge in [-0.2, -0.15) is 0 Å². The van der Waals surface area contributed by atoms with Gasteiger partial charge in [-0.1, -0.05) is 51.4 Å². The molecule has 1 atom stereocenters. The summed E-state index contributed by atoms with van der Waals surface area (Å²) in [7, 11) is 0. The lowest BCUT2D eigenvalue weighted by Gasteiger charge is -2.23. The monoisotopic (exact) mass is 788 g/mol. The minimum absolute atomic E-state index is 0.00578. The number of Topliss-reactive ketones (excluding diaryl/α,β-unsaturated/α-hetero) is 2. The fraction of sp³-hybridized carbons (Fsp3) is 0.854.